The number of alkyl halides is 2. The highest BCUT2D eigenvalue weighted by atomic mass is 35.5. The molecule has 22 heavy (non-hydrogen) atoms. The number of benzene rings is 1. The number of rotatable bonds is 5. The van der Waals surface area contributed by atoms with Gasteiger partial charge in [-0.2, -0.15) is 13.9 Å². The van der Waals surface area contributed by atoms with Gasteiger partial charge in [-0.05, 0) is 24.3 Å². The Morgan fingerprint density at radius 1 is 1.45 bits per heavy atom. The molecule has 0 saturated carbocycles. The predicted molar refractivity (Wildman–Crippen MR) is 77.3 cm³/mol. The smallest absolute Gasteiger partial charge is 0.333 e. The first-order valence-electron chi connectivity index (χ1n) is 6.33. The minimum Gasteiger partial charge on any atom is -0.496 e. The van der Waals surface area contributed by atoms with Gasteiger partial charge in [-0.25, -0.2) is 4.68 Å². The number of amides is 1. The van der Waals surface area contributed by atoms with Crippen LogP contribution >= 0.6 is 11.6 Å². The molecule has 0 aliphatic rings. The molecule has 2 rings (SSSR count). The van der Waals surface area contributed by atoms with Crippen LogP contribution in [0.3, 0.4) is 0 Å². The third-order valence-electron chi connectivity index (χ3n) is 3.02. The number of aromatic nitrogens is 2. The SMILES string of the molecule is COc1ccc(Cl)cc1CN(C)C(=O)c1ccn(C(F)F)n1. The molecule has 0 unspecified atom stereocenters. The first-order valence-corrected chi connectivity index (χ1v) is 6.71. The lowest BCUT2D eigenvalue weighted by Crippen LogP contribution is -2.27. The van der Waals surface area contributed by atoms with Gasteiger partial charge in [-0.15, -0.1) is 0 Å². The molecule has 1 heterocycles. The highest BCUT2D eigenvalue weighted by Crippen LogP contribution is 2.24. The van der Waals surface area contributed by atoms with Crippen LogP contribution < -0.4 is 4.74 Å². The summed E-state index contributed by atoms with van der Waals surface area (Å²) in [5.74, 6) is 0.114. The average molecular weight is 330 g/mol. The molecule has 0 fully saturated rings. The maximum Gasteiger partial charge on any atom is 0.333 e. The number of carbonyl (C=O) groups excluding carboxylic acids is 1. The molecule has 0 aliphatic carbocycles. The van der Waals surface area contributed by atoms with Crippen molar-refractivity contribution in [2.45, 2.75) is 13.1 Å². The molecule has 1 aromatic carbocycles. The van der Waals surface area contributed by atoms with Crippen molar-refractivity contribution in [3.8, 4) is 5.75 Å². The largest absolute Gasteiger partial charge is 0.496 e. The van der Waals surface area contributed by atoms with E-state index in [1.807, 2.05) is 0 Å². The Labute approximate surface area is 131 Å². The molecule has 2 aromatic rings. The standard InChI is InChI=1S/C14H14ClF2N3O2/c1-19(8-9-7-10(15)3-4-12(9)22-2)13(21)11-5-6-20(18-11)14(16)17/h3-7,14H,8H2,1-2H3. The van der Waals surface area contributed by atoms with E-state index in [0.29, 0.717) is 21.0 Å². The van der Waals surface area contributed by atoms with Gasteiger partial charge in [0, 0.05) is 30.4 Å². The van der Waals surface area contributed by atoms with Gasteiger partial charge < -0.3 is 9.64 Å². The van der Waals surface area contributed by atoms with Gasteiger partial charge in [-0.3, -0.25) is 4.79 Å². The maximum absolute atomic E-state index is 12.5. The monoisotopic (exact) mass is 329 g/mol. The van der Waals surface area contributed by atoms with Crippen molar-refractivity contribution in [3.63, 3.8) is 0 Å². The molecule has 118 valence electrons. The predicted octanol–water partition coefficient (Wildman–Crippen LogP) is 3.21. The Balaban J connectivity index is 2.15. The maximum atomic E-state index is 12.5. The molecule has 8 heteroatoms. The van der Waals surface area contributed by atoms with E-state index in [-0.39, 0.29) is 12.2 Å². The van der Waals surface area contributed by atoms with E-state index in [2.05, 4.69) is 5.10 Å². The van der Waals surface area contributed by atoms with Crippen molar-refractivity contribution >= 4 is 17.5 Å². The number of carbonyl (C=O) groups is 1. The Hall–Kier alpha value is -2.15. The van der Waals surface area contributed by atoms with Crippen molar-refractivity contribution < 1.29 is 18.3 Å². The number of halogens is 3. The van der Waals surface area contributed by atoms with Crippen LogP contribution in [0.4, 0.5) is 8.78 Å². The van der Waals surface area contributed by atoms with Crippen molar-refractivity contribution in [1.82, 2.24) is 14.7 Å². The van der Waals surface area contributed by atoms with Gasteiger partial charge in [0.2, 0.25) is 0 Å². The highest BCUT2D eigenvalue weighted by molar-refractivity contribution is 6.30. The molecule has 0 bridgehead atoms. The van der Waals surface area contributed by atoms with Gasteiger partial charge in [0.25, 0.3) is 5.91 Å². The van der Waals surface area contributed by atoms with Gasteiger partial charge in [0.05, 0.1) is 7.11 Å². The van der Waals surface area contributed by atoms with Crippen LogP contribution in [0.25, 0.3) is 0 Å². The van der Waals surface area contributed by atoms with Crippen LogP contribution in [-0.4, -0.2) is 34.7 Å². The number of nitrogens with zero attached hydrogens (tertiary/aromatic N) is 3. The van der Waals surface area contributed by atoms with Crippen molar-refractivity contribution in [2.24, 2.45) is 0 Å². The molecule has 0 radical (unpaired) electrons. The van der Waals surface area contributed by atoms with E-state index in [1.54, 1.807) is 25.2 Å². The van der Waals surface area contributed by atoms with Gasteiger partial charge in [0.1, 0.15) is 5.75 Å². The topological polar surface area (TPSA) is 47.4 Å². The minimum atomic E-state index is -2.78. The summed E-state index contributed by atoms with van der Waals surface area (Å²) in [6, 6.07) is 6.31. The van der Waals surface area contributed by atoms with Gasteiger partial charge in [0.15, 0.2) is 5.69 Å². The summed E-state index contributed by atoms with van der Waals surface area (Å²) in [5.41, 5.74) is 0.655. The number of methoxy groups -OCH3 is 1. The molecular formula is C14H14ClF2N3O2. The number of hydrogen-bond acceptors (Lipinski definition) is 3. The summed E-state index contributed by atoms with van der Waals surface area (Å²) in [5, 5.41) is 4.06. The van der Waals surface area contributed by atoms with Crippen molar-refractivity contribution in [3.05, 3.63) is 46.7 Å². The zero-order valence-corrected chi connectivity index (χ0v) is 12.7. The van der Waals surface area contributed by atoms with Crippen LogP contribution in [0, 0.1) is 0 Å². The van der Waals surface area contributed by atoms with Crippen LogP contribution in [0.5, 0.6) is 5.75 Å². The number of hydrogen-bond donors (Lipinski definition) is 0. The molecule has 1 aromatic heterocycles. The van der Waals surface area contributed by atoms with E-state index in [4.69, 9.17) is 16.3 Å². The van der Waals surface area contributed by atoms with Crippen LogP contribution in [0.15, 0.2) is 30.5 Å². The summed E-state index contributed by atoms with van der Waals surface area (Å²) in [7, 11) is 3.06. The second-order valence-electron chi connectivity index (χ2n) is 4.58. The quantitative estimate of drug-likeness (QED) is 0.846. The lowest BCUT2D eigenvalue weighted by Gasteiger charge is -2.18. The Bertz CT molecular complexity index is 676. The number of ether oxygens (including phenoxy) is 1. The summed E-state index contributed by atoms with van der Waals surface area (Å²) in [6.45, 7) is -2.57. The molecule has 0 spiro atoms. The fourth-order valence-electron chi connectivity index (χ4n) is 1.95. The van der Waals surface area contributed by atoms with Crippen LogP contribution in [0.2, 0.25) is 5.02 Å². The lowest BCUT2D eigenvalue weighted by atomic mass is 10.2. The molecule has 0 saturated heterocycles. The van der Waals surface area contributed by atoms with Crippen molar-refractivity contribution in [2.75, 3.05) is 14.2 Å². The van der Waals surface area contributed by atoms with E-state index in [0.717, 1.165) is 6.20 Å². The Morgan fingerprint density at radius 3 is 2.77 bits per heavy atom. The molecule has 5 nitrogen and oxygen atoms in total. The minimum absolute atomic E-state index is 0.0520. The Kier molecular flexibility index (Phi) is 4.97. The third-order valence-corrected chi connectivity index (χ3v) is 3.26. The fourth-order valence-corrected chi connectivity index (χ4v) is 2.15. The van der Waals surface area contributed by atoms with Gasteiger partial charge >= 0.3 is 6.55 Å². The van der Waals surface area contributed by atoms with E-state index in [9.17, 15) is 13.6 Å². The first-order chi connectivity index (χ1) is 10.4. The lowest BCUT2D eigenvalue weighted by molar-refractivity contribution is 0.0553. The summed E-state index contributed by atoms with van der Waals surface area (Å²) < 4.78 is 30.6. The molecular weight excluding hydrogens is 316 g/mol. The van der Waals surface area contributed by atoms with E-state index >= 15 is 0 Å². The normalized spacial score (nSPS) is 10.8. The summed E-state index contributed by atoms with van der Waals surface area (Å²) in [6.07, 6.45) is 1.06. The van der Waals surface area contributed by atoms with Crippen LogP contribution in [-0.2, 0) is 6.54 Å². The molecule has 0 N–H and O–H groups in total. The fraction of sp³-hybridized carbons (Fsp3) is 0.286. The van der Waals surface area contributed by atoms with E-state index in [1.165, 1.54) is 18.1 Å². The Morgan fingerprint density at radius 2 is 2.18 bits per heavy atom. The van der Waals surface area contributed by atoms with Gasteiger partial charge in [-0.1, -0.05) is 11.6 Å². The first kappa shape index (κ1) is 16.2. The molecule has 1 amide bonds. The second kappa shape index (κ2) is 6.74. The molecule has 0 atom stereocenters. The van der Waals surface area contributed by atoms with Crippen molar-refractivity contribution in [1.29, 1.82) is 0 Å². The molecule has 0 aliphatic heterocycles. The summed E-state index contributed by atoms with van der Waals surface area (Å²) >= 11 is 5.93. The zero-order chi connectivity index (χ0) is 16.3. The average Bonchev–Trinajstić information content (AvgIpc) is 2.96. The zero-order valence-electron chi connectivity index (χ0n) is 12.0. The third kappa shape index (κ3) is 3.54. The highest BCUT2D eigenvalue weighted by Gasteiger charge is 2.18. The van der Waals surface area contributed by atoms with E-state index < -0.39 is 12.5 Å². The van der Waals surface area contributed by atoms with Crippen LogP contribution in [0.1, 0.15) is 22.6 Å². The summed E-state index contributed by atoms with van der Waals surface area (Å²) in [4.78, 5) is 13.6. The second-order valence-corrected chi connectivity index (χ2v) is 5.01.